The summed E-state index contributed by atoms with van der Waals surface area (Å²) < 4.78 is 32.5. The molecule has 6 heteroatoms. The van der Waals surface area contributed by atoms with Crippen molar-refractivity contribution in [1.29, 1.82) is 0 Å². The van der Waals surface area contributed by atoms with Crippen molar-refractivity contribution in [3.05, 3.63) is 29.3 Å². The van der Waals surface area contributed by atoms with Crippen LogP contribution in [-0.2, 0) is 4.74 Å². The summed E-state index contributed by atoms with van der Waals surface area (Å²) in [5, 5.41) is 2.41. The molecule has 0 atom stereocenters. The van der Waals surface area contributed by atoms with Crippen molar-refractivity contribution in [3.8, 4) is 0 Å². The first-order chi connectivity index (χ1) is 9.36. The highest BCUT2D eigenvalue weighted by atomic mass is 19.1. The molecule has 0 bridgehead atoms. The van der Waals surface area contributed by atoms with E-state index in [9.17, 15) is 13.6 Å². The van der Waals surface area contributed by atoms with Gasteiger partial charge in [0.2, 0.25) is 0 Å². The van der Waals surface area contributed by atoms with Crippen LogP contribution in [0.3, 0.4) is 0 Å². The van der Waals surface area contributed by atoms with Gasteiger partial charge in [0.1, 0.15) is 17.3 Å². The zero-order valence-electron chi connectivity index (χ0n) is 12.2. The van der Waals surface area contributed by atoms with Gasteiger partial charge in [-0.15, -0.1) is 0 Å². The molecule has 0 spiro atoms. The van der Waals surface area contributed by atoms with Crippen LogP contribution in [0.5, 0.6) is 0 Å². The number of carbonyl (C=O) groups is 1. The third-order valence-electron chi connectivity index (χ3n) is 2.76. The van der Waals surface area contributed by atoms with Crippen molar-refractivity contribution in [3.63, 3.8) is 0 Å². The number of likely N-dealkylation sites (N-methyl/N-ethyl adjacent to an activating group) is 1. The van der Waals surface area contributed by atoms with Crippen molar-refractivity contribution in [2.24, 2.45) is 0 Å². The Bertz CT molecular complexity index is 455. The molecule has 0 radical (unpaired) electrons. The normalized spacial score (nSPS) is 10.8. The van der Waals surface area contributed by atoms with Crippen LogP contribution >= 0.6 is 0 Å². The van der Waals surface area contributed by atoms with E-state index in [0.717, 1.165) is 12.1 Å². The lowest BCUT2D eigenvalue weighted by Gasteiger charge is -2.18. The molecule has 1 N–H and O–H groups in total. The first-order valence-electron chi connectivity index (χ1n) is 6.40. The van der Waals surface area contributed by atoms with Gasteiger partial charge < -0.3 is 15.0 Å². The molecule has 1 aromatic rings. The van der Waals surface area contributed by atoms with Crippen LogP contribution in [0.4, 0.5) is 14.5 Å². The average molecular weight is 286 g/mol. The fourth-order valence-electron chi connectivity index (χ4n) is 1.68. The van der Waals surface area contributed by atoms with Crippen LogP contribution < -0.4 is 5.32 Å². The van der Waals surface area contributed by atoms with Gasteiger partial charge in [-0.05, 0) is 26.0 Å². The molecule has 20 heavy (non-hydrogen) atoms. The van der Waals surface area contributed by atoms with Gasteiger partial charge in [-0.3, -0.25) is 4.79 Å². The van der Waals surface area contributed by atoms with Gasteiger partial charge in [0.05, 0.1) is 12.7 Å². The molecule has 0 aliphatic heterocycles. The minimum atomic E-state index is -0.789. The fourth-order valence-corrected chi connectivity index (χ4v) is 1.68. The maximum atomic E-state index is 13.6. The SMILES string of the molecule is CNc1c(F)cc(C(=O)N(C)CCOC(C)C)cc1F. The summed E-state index contributed by atoms with van der Waals surface area (Å²) in [4.78, 5) is 13.4. The predicted octanol–water partition coefficient (Wildman–Crippen LogP) is 2.50. The molecule has 0 aromatic heterocycles. The van der Waals surface area contributed by atoms with E-state index < -0.39 is 17.5 Å². The maximum Gasteiger partial charge on any atom is 0.253 e. The van der Waals surface area contributed by atoms with Crippen LogP contribution in [0, 0.1) is 11.6 Å². The van der Waals surface area contributed by atoms with Crippen LogP contribution in [0.15, 0.2) is 12.1 Å². The number of hydrogen-bond acceptors (Lipinski definition) is 3. The largest absolute Gasteiger partial charge is 0.383 e. The molecule has 1 aromatic carbocycles. The Morgan fingerprint density at radius 3 is 2.35 bits per heavy atom. The van der Waals surface area contributed by atoms with E-state index in [1.54, 1.807) is 7.05 Å². The van der Waals surface area contributed by atoms with Crippen molar-refractivity contribution >= 4 is 11.6 Å². The summed E-state index contributed by atoms with van der Waals surface area (Å²) >= 11 is 0. The Morgan fingerprint density at radius 1 is 1.35 bits per heavy atom. The van der Waals surface area contributed by atoms with E-state index in [2.05, 4.69) is 5.32 Å². The van der Waals surface area contributed by atoms with Crippen LogP contribution in [0.25, 0.3) is 0 Å². The minimum absolute atomic E-state index is 0.0222. The Hall–Kier alpha value is -1.69. The highest BCUT2D eigenvalue weighted by molar-refractivity contribution is 5.94. The van der Waals surface area contributed by atoms with E-state index in [4.69, 9.17) is 4.74 Å². The summed E-state index contributed by atoms with van der Waals surface area (Å²) in [5.41, 5.74) is -0.265. The second-order valence-corrected chi connectivity index (χ2v) is 4.71. The van der Waals surface area contributed by atoms with Crippen molar-refractivity contribution in [2.45, 2.75) is 20.0 Å². The van der Waals surface area contributed by atoms with Gasteiger partial charge in [0, 0.05) is 26.2 Å². The van der Waals surface area contributed by atoms with Crippen molar-refractivity contribution in [2.75, 3.05) is 32.6 Å². The number of hydrogen-bond donors (Lipinski definition) is 1. The molecule has 0 heterocycles. The monoisotopic (exact) mass is 286 g/mol. The number of halogens is 2. The van der Waals surface area contributed by atoms with Crippen molar-refractivity contribution < 1.29 is 18.3 Å². The first-order valence-corrected chi connectivity index (χ1v) is 6.40. The second-order valence-electron chi connectivity index (χ2n) is 4.71. The first kappa shape index (κ1) is 16.4. The molecule has 112 valence electrons. The van der Waals surface area contributed by atoms with Gasteiger partial charge in [-0.2, -0.15) is 0 Å². The highest BCUT2D eigenvalue weighted by Gasteiger charge is 2.17. The lowest BCUT2D eigenvalue weighted by atomic mass is 10.1. The van der Waals surface area contributed by atoms with E-state index in [-0.39, 0.29) is 17.4 Å². The second kappa shape index (κ2) is 7.19. The molecule has 1 amide bonds. The smallest absolute Gasteiger partial charge is 0.253 e. The van der Waals surface area contributed by atoms with E-state index in [1.807, 2.05) is 13.8 Å². The summed E-state index contributed by atoms with van der Waals surface area (Å²) in [5.74, 6) is -2.02. The van der Waals surface area contributed by atoms with E-state index >= 15 is 0 Å². The number of ether oxygens (including phenoxy) is 1. The number of nitrogens with one attached hydrogen (secondary N) is 1. The summed E-state index contributed by atoms with van der Waals surface area (Å²) in [6, 6.07) is 2.05. The zero-order chi connectivity index (χ0) is 15.3. The minimum Gasteiger partial charge on any atom is -0.383 e. The zero-order valence-corrected chi connectivity index (χ0v) is 12.2. The Balaban J connectivity index is 2.77. The molecule has 0 saturated heterocycles. The Morgan fingerprint density at radius 2 is 1.90 bits per heavy atom. The molecular formula is C14H20F2N2O2. The van der Waals surface area contributed by atoms with Crippen molar-refractivity contribution in [1.82, 2.24) is 4.90 Å². The molecule has 1 rings (SSSR count). The maximum absolute atomic E-state index is 13.6. The third kappa shape index (κ3) is 4.16. The topological polar surface area (TPSA) is 41.6 Å². The molecule has 4 nitrogen and oxygen atoms in total. The predicted molar refractivity (Wildman–Crippen MR) is 74.0 cm³/mol. The third-order valence-corrected chi connectivity index (χ3v) is 2.76. The Kier molecular flexibility index (Phi) is 5.88. The van der Waals surface area contributed by atoms with Gasteiger partial charge in [-0.25, -0.2) is 8.78 Å². The lowest BCUT2D eigenvalue weighted by Crippen LogP contribution is -2.31. The summed E-state index contributed by atoms with van der Waals surface area (Å²) in [6.07, 6.45) is 0.0725. The van der Waals surface area contributed by atoms with Gasteiger partial charge in [0.25, 0.3) is 5.91 Å². The van der Waals surface area contributed by atoms with Gasteiger partial charge >= 0.3 is 0 Å². The van der Waals surface area contributed by atoms with E-state index in [1.165, 1.54) is 11.9 Å². The quantitative estimate of drug-likeness (QED) is 0.873. The number of rotatable bonds is 6. The number of amides is 1. The standard InChI is InChI=1S/C14H20F2N2O2/c1-9(2)20-6-5-18(4)14(19)10-7-11(15)13(17-3)12(16)8-10/h7-9,17H,5-6H2,1-4H3. The van der Waals surface area contributed by atoms with Gasteiger partial charge in [0.15, 0.2) is 0 Å². The molecule has 0 aliphatic rings. The number of anilines is 1. The molecule has 0 aliphatic carbocycles. The van der Waals surface area contributed by atoms with Crippen LogP contribution in [0.1, 0.15) is 24.2 Å². The molecular weight excluding hydrogens is 266 g/mol. The average Bonchev–Trinajstić information content (AvgIpc) is 2.36. The molecule has 0 unspecified atom stereocenters. The Labute approximate surface area is 117 Å². The molecule has 0 saturated carbocycles. The van der Waals surface area contributed by atoms with Crippen LogP contribution in [0.2, 0.25) is 0 Å². The summed E-state index contributed by atoms with van der Waals surface area (Å²) in [7, 11) is 2.98. The van der Waals surface area contributed by atoms with Crippen LogP contribution in [-0.4, -0.2) is 44.2 Å². The number of carbonyl (C=O) groups excluding carboxylic acids is 1. The number of benzene rings is 1. The van der Waals surface area contributed by atoms with Gasteiger partial charge in [-0.1, -0.05) is 0 Å². The van der Waals surface area contributed by atoms with E-state index in [0.29, 0.717) is 13.2 Å². The lowest BCUT2D eigenvalue weighted by molar-refractivity contribution is 0.0531. The number of nitrogens with zero attached hydrogens (tertiary/aromatic N) is 1. The highest BCUT2D eigenvalue weighted by Crippen LogP contribution is 2.20. The fraction of sp³-hybridized carbons (Fsp3) is 0.500. The summed E-state index contributed by atoms with van der Waals surface area (Å²) in [6.45, 7) is 4.51. The molecule has 0 fully saturated rings.